The van der Waals surface area contributed by atoms with E-state index >= 15 is 0 Å². The molecule has 1 aliphatic carbocycles. The second-order valence-corrected chi connectivity index (χ2v) is 7.16. The molecule has 34 heavy (non-hydrogen) atoms. The van der Waals surface area contributed by atoms with Gasteiger partial charge in [-0.15, -0.1) is 0 Å². The van der Waals surface area contributed by atoms with E-state index in [1.54, 1.807) is 0 Å². The highest BCUT2D eigenvalue weighted by atomic mass is 35.5. The molecule has 0 heterocycles. The van der Waals surface area contributed by atoms with Crippen LogP contribution >= 0.6 is 11.6 Å². The van der Waals surface area contributed by atoms with E-state index in [0.29, 0.717) is 0 Å². The lowest BCUT2D eigenvalue weighted by Gasteiger charge is -2.37. The number of hydrogen-bond donors (Lipinski definition) is 1. The molecule has 1 aromatic rings. The maximum atomic E-state index is 14.0. The Morgan fingerprint density at radius 1 is 0.824 bits per heavy atom. The molecule has 18 heteroatoms. The topological polar surface area (TPSA) is 37.3 Å². The summed E-state index contributed by atoms with van der Waals surface area (Å²) in [6, 6.07) is -0.533. The molecule has 0 amide bonds. The molecule has 0 radical (unpaired) electrons. The number of allylic oxidation sites excluding steroid dienone is 1. The summed E-state index contributed by atoms with van der Waals surface area (Å²) in [5.41, 5.74) is -11.2. The zero-order valence-electron chi connectivity index (χ0n) is 15.1. The summed E-state index contributed by atoms with van der Waals surface area (Å²) in [6.07, 6.45) is -14.5. The van der Waals surface area contributed by atoms with Gasteiger partial charge < -0.3 is 5.11 Å². The first-order chi connectivity index (χ1) is 14.8. The molecule has 2 rings (SSSR count). The second-order valence-electron chi connectivity index (χ2n) is 6.76. The number of hydrogen-bond acceptors (Lipinski definition) is 2. The molecule has 0 unspecified atom stereocenters. The van der Waals surface area contributed by atoms with Crippen LogP contribution in [0.15, 0.2) is 18.2 Å². The fourth-order valence-electron chi connectivity index (χ4n) is 3.13. The van der Waals surface area contributed by atoms with Crippen LogP contribution in [0.4, 0.5) is 65.9 Å². The summed E-state index contributed by atoms with van der Waals surface area (Å²) >= 11 is 5.08. The summed E-state index contributed by atoms with van der Waals surface area (Å²) in [6.45, 7) is 0. The fraction of sp³-hybridized carbons (Fsp3) is 0.438. The van der Waals surface area contributed by atoms with Gasteiger partial charge in [-0.1, -0.05) is 11.6 Å². The lowest BCUT2D eigenvalue weighted by molar-refractivity contribution is -0.341. The number of benzene rings is 1. The van der Waals surface area contributed by atoms with E-state index in [4.69, 9.17) is 11.6 Å². The van der Waals surface area contributed by atoms with Gasteiger partial charge >= 0.3 is 36.0 Å². The van der Waals surface area contributed by atoms with Crippen LogP contribution in [0.1, 0.15) is 11.1 Å². The van der Waals surface area contributed by atoms with Gasteiger partial charge in [0.15, 0.2) is 11.6 Å². The third kappa shape index (κ3) is 3.17. The van der Waals surface area contributed by atoms with Gasteiger partial charge in [0.1, 0.15) is 5.76 Å². The second kappa shape index (κ2) is 7.34. The molecule has 1 aliphatic rings. The molecule has 1 saturated carbocycles. The summed E-state index contributed by atoms with van der Waals surface area (Å²) in [5, 5.41) is 8.05. The Kier molecular flexibility index (Phi) is 6.02. The molecule has 0 bridgehead atoms. The van der Waals surface area contributed by atoms with E-state index in [1.807, 2.05) is 0 Å². The molecule has 0 aliphatic heterocycles. The zero-order valence-corrected chi connectivity index (χ0v) is 15.9. The van der Waals surface area contributed by atoms with Gasteiger partial charge in [0.2, 0.25) is 0 Å². The number of aliphatic hydroxyl groups is 1. The minimum atomic E-state index is -7.55. The van der Waals surface area contributed by atoms with Gasteiger partial charge in [-0.05, 0) is 12.1 Å². The number of carbonyl (C=O) groups excluding carboxylic acids is 1. The van der Waals surface area contributed by atoms with Crippen LogP contribution in [-0.4, -0.2) is 40.8 Å². The first kappa shape index (κ1) is 27.9. The van der Waals surface area contributed by atoms with Crippen molar-refractivity contribution in [2.45, 2.75) is 36.0 Å². The highest BCUT2D eigenvalue weighted by molar-refractivity contribution is 6.31. The number of halogens is 16. The Bertz CT molecular complexity index is 1030. The average molecular weight is 549 g/mol. The van der Waals surface area contributed by atoms with Gasteiger partial charge in [-0.2, -0.15) is 61.5 Å². The van der Waals surface area contributed by atoms with E-state index in [0.717, 1.165) is 0 Å². The first-order valence-corrected chi connectivity index (χ1v) is 8.31. The van der Waals surface area contributed by atoms with Crippen molar-refractivity contribution < 1.29 is 75.8 Å². The maximum absolute atomic E-state index is 14.0. The monoisotopic (exact) mass is 548 g/mol. The number of alkyl halides is 14. The molecule has 1 fully saturated rings. The van der Waals surface area contributed by atoms with Gasteiger partial charge in [0.25, 0.3) is 5.41 Å². The van der Waals surface area contributed by atoms with Crippen molar-refractivity contribution in [2.75, 3.05) is 0 Å². The molecule has 192 valence electrons. The van der Waals surface area contributed by atoms with Gasteiger partial charge in [-0.3, -0.25) is 4.79 Å². The molecular weight excluding hydrogens is 545 g/mol. The molecule has 0 spiro atoms. The quantitative estimate of drug-likeness (QED) is 0.249. The smallest absolute Gasteiger partial charge is 0.419 e. The highest BCUT2D eigenvalue weighted by Gasteiger charge is 3.06. The van der Waals surface area contributed by atoms with E-state index in [-0.39, 0.29) is 6.07 Å². The van der Waals surface area contributed by atoms with Crippen molar-refractivity contribution in [3.05, 3.63) is 40.2 Å². The van der Waals surface area contributed by atoms with E-state index in [2.05, 4.69) is 0 Å². The Hall–Kier alpha value is -2.33. The number of rotatable bonds is 3. The minimum absolute atomic E-state index is 0.0559. The van der Waals surface area contributed by atoms with Crippen LogP contribution in [-0.2, 0) is 11.0 Å². The summed E-state index contributed by atoms with van der Waals surface area (Å²) in [4.78, 5) is 11.9. The highest BCUT2D eigenvalue weighted by Crippen LogP contribution is 2.75. The normalized spacial score (nSPS) is 23.1. The Morgan fingerprint density at radius 3 is 1.59 bits per heavy atom. The lowest BCUT2D eigenvalue weighted by atomic mass is 9.74. The van der Waals surface area contributed by atoms with Crippen LogP contribution in [0.2, 0.25) is 5.02 Å². The van der Waals surface area contributed by atoms with Crippen LogP contribution in [0, 0.1) is 11.2 Å². The summed E-state index contributed by atoms with van der Waals surface area (Å²) < 4.78 is 202. The van der Waals surface area contributed by atoms with Crippen LogP contribution < -0.4 is 0 Å². The molecule has 1 aromatic carbocycles. The Balaban J connectivity index is 2.86. The van der Waals surface area contributed by atoms with Crippen molar-refractivity contribution in [2.24, 2.45) is 5.41 Å². The standard InChI is InChI=1S/C16H4ClF15O2/c17-6-2-4(1-5(9(6)18)11(19,20)21)7(33)3-8(34)10(16(30,31)32)12(22,23)14(26,27)15(28,29)13(10,24)25/h1-3,33H/b7-3-. The van der Waals surface area contributed by atoms with Crippen molar-refractivity contribution in [3.8, 4) is 0 Å². The molecular formula is C16H4ClF15O2. The molecule has 2 nitrogen and oxygen atoms in total. The number of ketones is 1. The van der Waals surface area contributed by atoms with Gasteiger partial charge in [-0.25, -0.2) is 4.39 Å². The van der Waals surface area contributed by atoms with E-state index in [9.17, 15) is 75.8 Å². The predicted molar refractivity (Wildman–Crippen MR) is 80.3 cm³/mol. The molecule has 1 N–H and O–H groups in total. The number of aliphatic hydroxyl groups excluding tert-OH is 1. The number of carbonyl (C=O) groups is 1. The largest absolute Gasteiger partial charge is 0.507 e. The SMILES string of the molecule is O=C(/C=C(\O)c1cc(Cl)c(F)c(C(F)(F)F)c1)C1(C(F)(F)F)C(F)(F)C(F)(F)C(F)(F)C1(F)F. The molecule has 0 saturated heterocycles. The molecule has 0 aromatic heterocycles. The summed E-state index contributed by atoms with van der Waals surface area (Å²) in [7, 11) is 0. The van der Waals surface area contributed by atoms with Gasteiger partial charge in [0.05, 0.1) is 10.6 Å². The lowest BCUT2D eigenvalue weighted by Crippen LogP contribution is -2.64. The molecule has 0 atom stereocenters. The fourth-order valence-corrected chi connectivity index (χ4v) is 3.35. The van der Waals surface area contributed by atoms with Crippen LogP contribution in [0.3, 0.4) is 0 Å². The van der Waals surface area contributed by atoms with Crippen molar-refractivity contribution >= 4 is 23.1 Å². The van der Waals surface area contributed by atoms with E-state index < -0.39 is 87.1 Å². The van der Waals surface area contributed by atoms with Gasteiger partial charge in [0, 0.05) is 11.6 Å². The zero-order chi connectivity index (χ0) is 27.1. The third-order valence-electron chi connectivity index (χ3n) is 4.82. The predicted octanol–water partition coefficient (Wildman–Crippen LogP) is 7.07. The Labute approximate surface area is 181 Å². The average Bonchev–Trinajstić information content (AvgIpc) is 2.66. The van der Waals surface area contributed by atoms with Crippen LogP contribution in [0.5, 0.6) is 0 Å². The third-order valence-corrected chi connectivity index (χ3v) is 5.09. The first-order valence-electron chi connectivity index (χ1n) is 7.93. The van der Waals surface area contributed by atoms with E-state index in [1.165, 1.54) is 0 Å². The Morgan fingerprint density at radius 2 is 1.24 bits per heavy atom. The van der Waals surface area contributed by atoms with Crippen molar-refractivity contribution in [3.63, 3.8) is 0 Å². The van der Waals surface area contributed by atoms with Crippen molar-refractivity contribution in [1.29, 1.82) is 0 Å². The minimum Gasteiger partial charge on any atom is -0.507 e. The summed E-state index contributed by atoms with van der Waals surface area (Å²) in [5.74, 6) is -38.6. The maximum Gasteiger partial charge on any atom is 0.419 e. The van der Waals surface area contributed by atoms with Crippen molar-refractivity contribution in [1.82, 2.24) is 0 Å². The van der Waals surface area contributed by atoms with Crippen LogP contribution in [0.25, 0.3) is 5.76 Å².